The van der Waals surface area contributed by atoms with Gasteiger partial charge in [0, 0.05) is 5.57 Å². The normalized spacial score (nSPS) is 10.0. The maximum absolute atomic E-state index is 12.8. The van der Waals surface area contributed by atoms with Crippen LogP contribution in [0.1, 0.15) is 6.92 Å². The summed E-state index contributed by atoms with van der Waals surface area (Å²) in [7, 11) is 0. The zero-order chi connectivity index (χ0) is 13.8. The van der Waals surface area contributed by atoms with E-state index >= 15 is 0 Å². The molecule has 0 unspecified atom stereocenters. The molecule has 2 nitrogen and oxygen atoms in total. The van der Waals surface area contributed by atoms with Crippen LogP contribution in [0.5, 0.6) is 5.75 Å². The van der Waals surface area contributed by atoms with Gasteiger partial charge in [-0.1, -0.05) is 30.8 Å². The lowest BCUT2D eigenvalue weighted by molar-refractivity contribution is -0.130. The molecule has 0 amide bonds. The van der Waals surface area contributed by atoms with Gasteiger partial charge in [-0.25, -0.2) is 9.18 Å². The first-order chi connectivity index (χ1) is 9.06. The van der Waals surface area contributed by atoms with Gasteiger partial charge in [0.25, 0.3) is 0 Å². The number of esters is 1. The van der Waals surface area contributed by atoms with E-state index in [0.29, 0.717) is 11.3 Å². The molecule has 0 atom stereocenters. The minimum Gasteiger partial charge on any atom is -0.423 e. The molecule has 2 aromatic rings. The highest BCUT2D eigenvalue weighted by Crippen LogP contribution is 2.22. The van der Waals surface area contributed by atoms with Crippen molar-refractivity contribution in [2.45, 2.75) is 6.92 Å². The molecule has 0 aliphatic rings. The van der Waals surface area contributed by atoms with Crippen LogP contribution in [0.3, 0.4) is 0 Å². The van der Waals surface area contributed by atoms with Crippen molar-refractivity contribution in [3.05, 3.63) is 66.5 Å². The van der Waals surface area contributed by atoms with E-state index in [4.69, 9.17) is 4.74 Å². The molecule has 96 valence electrons. The van der Waals surface area contributed by atoms with Crippen LogP contribution in [-0.2, 0) is 4.79 Å². The molecular weight excluding hydrogens is 243 g/mol. The Morgan fingerprint density at radius 3 is 1.95 bits per heavy atom. The Balaban J connectivity index is 2.16. The Labute approximate surface area is 111 Å². The monoisotopic (exact) mass is 256 g/mol. The van der Waals surface area contributed by atoms with Crippen LogP contribution in [0.25, 0.3) is 11.1 Å². The molecule has 0 heterocycles. The van der Waals surface area contributed by atoms with Gasteiger partial charge in [0.05, 0.1) is 0 Å². The average molecular weight is 256 g/mol. The van der Waals surface area contributed by atoms with E-state index < -0.39 is 5.97 Å². The Bertz CT molecular complexity index is 598. The first-order valence-corrected chi connectivity index (χ1v) is 5.80. The number of hydrogen-bond donors (Lipinski definition) is 0. The highest BCUT2D eigenvalue weighted by atomic mass is 19.1. The number of carbonyl (C=O) groups is 1. The van der Waals surface area contributed by atoms with Crippen molar-refractivity contribution >= 4 is 5.97 Å². The Hall–Kier alpha value is -2.42. The minimum absolute atomic E-state index is 0.268. The maximum Gasteiger partial charge on any atom is 0.338 e. The van der Waals surface area contributed by atoms with Crippen LogP contribution in [0.2, 0.25) is 0 Å². The van der Waals surface area contributed by atoms with Crippen molar-refractivity contribution in [1.29, 1.82) is 0 Å². The summed E-state index contributed by atoms with van der Waals surface area (Å²) in [6, 6.07) is 13.2. The number of rotatable bonds is 3. The van der Waals surface area contributed by atoms with Crippen molar-refractivity contribution in [2.24, 2.45) is 0 Å². The predicted octanol–water partition coefficient (Wildman–Crippen LogP) is 3.97. The van der Waals surface area contributed by atoms with Gasteiger partial charge in [-0.3, -0.25) is 0 Å². The molecule has 0 aliphatic heterocycles. The van der Waals surface area contributed by atoms with Crippen LogP contribution < -0.4 is 4.74 Å². The number of halogens is 1. The van der Waals surface area contributed by atoms with Crippen LogP contribution in [0, 0.1) is 5.82 Å². The fourth-order valence-corrected chi connectivity index (χ4v) is 1.55. The standard InChI is InChI=1S/C16H13FO2/c1-11(2)16(18)19-15-9-5-13(6-10-15)12-3-7-14(17)8-4-12/h3-10H,1H2,2H3. The van der Waals surface area contributed by atoms with Crippen molar-refractivity contribution in [3.63, 3.8) is 0 Å². The summed E-state index contributed by atoms with van der Waals surface area (Å²) >= 11 is 0. The molecule has 0 spiro atoms. The summed E-state index contributed by atoms with van der Waals surface area (Å²) in [5.41, 5.74) is 2.18. The third-order valence-electron chi connectivity index (χ3n) is 2.59. The van der Waals surface area contributed by atoms with Gasteiger partial charge in [0.2, 0.25) is 0 Å². The quantitative estimate of drug-likeness (QED) is 0.472. The highest BCUT2D eigenvalue weighted by molar-refractivity contribution is 5.88. The molecule has 0 saturated carbocycles. The molecule has 2 rings (SSSR count). The Morgan fingerprint density at radius 1 is 1.00 bits per heavy atom. The molecule has 0 radical (unpaired) electrons. The SMILES string of the molecule is C=C(C)C(=O)Oc1ccc(-c2ccc(F)cc2)cc1. The van der Waals surface area contributed by atoms with Crippen LogP contribution in [0.15, 0.2) is 60.7 Å². The topological polar surface area (TPSA) is 26.3 Å². The molecule has 19 heavy (non-hydrogen) atoms. The van der Waals surface area contributed by atoms with Crippen molar-refractivity contribution in [1.82, 2.24) is 0 Å². The van der Waals surface area contributed by atoms with Gasteiger partial charge in [0.1, 0.15) is 11.6 Å². The smallest absolute Gasteiger partial charge is 0.338 e. The molecule has 0 fully saturated rings. The first kappa shape index (κ1) is 13.0. The second kappa shape index (κ2) is 5.48. The van der Waals surface area contributed by atoms with E-state index in [1.165, 1.54) is 12.1 Å². The molecule has 0 aromatic heterocycles. The van der Waals surface area contributed by atoms with Gasteiger partial charge in [0.15, 0.2) is 0 Å². The third-order valence-corrected chi connectivity index (χ3v) is 2.59. The van der Waals surface area contributed by atoms with Crippen molar-refractivity contribution in [2.75, 3.05) is 0 Å². The van der Waals surface area contributed by atoms with E-state index in [9.17, 15) is 9.18 Å². The number of ether oxygens (including phenoxy) is 1. The summed E-state index contributed by atoms with van der Waals surface area (Å²) in [4.78, 5) is 11.3. The van der Waals surface area contributed by atoms with E-state index in [1.54, 1.807) is 31.2 Å². The van der Waals surface area contributed by atoms with Gasteiger partial charge in [-0.2, -0.15) is 0 Å². The summed E-state index contributed by atoms with van der Waals surface area (Å²) in [6.07, 6.45) is 0. The molecule has 0 saturated heterocycles. The average Bonchev–Trinajstić information content (AvgIpc) is 2.40. The lowest BCUT2D eigenvalue weighted by Crippen LogP contribution is -2.07. The minimum atomic E-state index is -0.450. The van der Waals surface area contributed by atoms with Gasteiger partial charge < -0.3 is 4.74 Å². The second-order valence-electron chi connectivity index (χ2n) is 4.20. The van der Waals surface area contributed by atoms with Crippen LogP contribution in [0.4, 0.5) is 4.39 Å². The molecular formula is C16H13FO2. The number of hydrogen-bond acceptors (Lipinski definition) is 2. The van der Waals surface area contributed by atoms with E-state index in [2.05, 4.69) is 6.58 Å². The summed E-state index contributed by atoms with van der Waals surface area (Å²) in [5, 5.41) is 0. The lowest BCUT2D eigenvalue weighted by Gasteiger charge is -2.05. The fourth-order valence-electron chi connectivity index (χ4n) is 1.55. The largest absolute Gasteiger partial charge is 0.423 e. The maximum atomic E-state index is 12.8. The third kappa shape index (κ3) is 3.28. The Kier molecular flexibility index (Phi) is 3.76. The second-order valence-corrected chi connectivity index (χ2v) is 4.20. The van der Waals surface area contributed by atoms with Crippen LogP contribution >= 0.6 is 0 Å². The summed E-state index contributed by atoms with van der Waals surface area (Å²) in [5.74, 6) is -0.260. The predicted molar refractivity (Wildman–Crippen MR) is 72.3 cm³/mol. The number of carbonyl (C=O) groups excluding carboxylic acids is 1. The molecule has 2 aromatic carbocycles. The van der Waals surface area contributed by atoms with Crippen molar-refractivity contribution < 1.29 is 13.9 Å². The molecule has 0 N–H and O–H groups in total. The molecule has 0 aliphatic carbocycles. The zero-order valence-electron chi connectivity index (χ0n) is 10.5. The lowest BCUT2D eigenvalue weighted by atomic mass is 10.1. The molecule has 0 bridgehead atoms. The van der Waals surface area contributed by atoms with E-state index in [-0.39, 0.29) is 5.82 Å². The van der Waals surface area contributed by atoms with E-state index in [0.717, 1.165) is 11.1 Å². The fraction of sp³-hybridized carbons (Fsp3) is 0.0625. The van der Waals surface area contributed by atoms with Gasteiger partial charge in [-0.05, 0) is 42.3 Å². The zero-order valence-corrected chi connectivity index (χ0v) is 10.5. The van der Waals surface area contributed by atoms with Crippen LogP contribution in [-0.4, -0.2) is 5.97 Å². The van der Waals surface area contributed by atoms with Gasteiger partial charge >= 0.3 is 5.97 Å². The number of benzene rings is 2. The van der Waals surface area contributed by atoms with Crippen molar-refractivity contribution in [3.8, 4) is 16.9 Å². The Morgan fingerprint density at radius 2 is 1.47 bits per heavy atom. The van der Waals surface area contributed by atoms with E-state index in [1.807, 2.05) is 12.1 Å². The highest BCUT2D eigenvalue weighted by Gasteiger charge is 2.05. The summed E-state index contributed by atoms with van der Waals surface area (Å²) < 4.78 is 17.9. The molecule has 3 heteroatoms. The van der Waals surface area contributed by atoms with Gasteiger partial charge in [-0.15, -0.1) is 0 Å². The first-order valence-electron chi connectivity index (χ1n) is 5.80. The summed E-state index contributed by atoms with van der Waals surface area (Å²) in [6.45, 7) is 5.11.